The molecule has 0 aliphatic heterocycles. The first-order chi connectivity index (χ1) is 28.3. The maximum absolute atomic E-state index is 5.52. The summed E-state index contributed by atoms with van der Waals surface area (Å²) in [6, 6.07) is 57.8. The molecule has 13 aromatic rings. The van der Waals surface area contributed by atoms with Crippen molar-refractivity contribution in [1.29, 1.82) is 0 Å². The predicted molar refractivity (Wildman–Crippen MR) is 233 cm³/mol. The normalized spacial score (nSPS) is 12.2. The highest BCUT2D eigenvalue weighted by molar-refractivity contribution is 6.22. The lowest BCUT2D eigenvalue weighted by molar-refractivity contribution is 1.06. The zero-order chi connectivity index (χ0) is 37.2. The van der Waals surface area contributed by atoms with E-state index < -0.39 is 0 Å². The summed E-state index contributed by atoms with van der Waals surface area (Å²) in [6.07, 6.45) is 3.81. The third kappa shape index (κ3) is 4.14. The van der Waals surface area contributed by atoms with E-state index in [2.05, 4.69) is 177 Å². The summed E-state index contributed by atoms with van der Waals surface area (Å²) in [6.45, 7) is 0. The van der Waals surface area contributed by atoms with Gasteiger partial charge in [0.15, 0.2) is 11.6 Å². The van der Waals surface area contributed by atoms with E-state index >= 15 is 0 Å². The van der Waals surface area contributed by atoms with Crippen LogP contribution in [0.25, 0.3) is 116 Å². The van der Waals surface area contributed by atoms with Gasteiger partial charge in [-0.25, -0.2) is 19.9 Å². The van der Waals surface area contributed by atoms with Crippen LogP contribution in [-0.4, -0.2) is 33.6 Å². The number of rotatable bonds is 3. The highest BCUT2D eigenvalue weighted by atomic mass is 15.1. The van der Waals surface area contributed by atoms with Crippen LogP contribution in [0.1, 0.15) is 0 Å². The topological polar surface area (TPSA) is 66.3 Å². The molecule has 0 unspecified atom stereocenters. The van der Waals surface area contributed by atoms with Gasteiger partial charge in [-0.3, -0.25) is 9.13 Å². The molecular formula is C50H29N7. The first-order valence-electron chi connectivity index (χ1n) is 19.1. The standard InChI is InChI=1S/C50H29N7/c1-7-19-39-31(13-1)32-14-2-8-20-40(32)55(39)30-25-26-37-38(27-30)48-50(54-46(29-52-48)57-43-23-11-5-17-35(43)36-18-6-12-24-44(36)57)49-47(37)51-28-45(53-49)56-41-21-9-3-15-33(41)34-16-4-10-22-42(34)56/h1-29H. The quantitative estimate of drug-likeness (QED) is 0.170. The van der Waals surface area contributed by atoms with Crippen molar-refractivity contribution >= 4 is 98.3 Å². The van der Waals surface area contributed by atoms with Crippen LogP contribution in [-0.2, 0) is 0 Å². The summed E-state index contributed by atoms with van der Waals surface area (Å²) in [4.78, 5) is 21.5. The minimum Gasteiger partial charge on any atom is -0.309 e. The minimum absolute atomic E-state index is 0.700. The van der Waals surface area contributed by atoms with Crippen molar-refractivity contribution in [3.05, 3.63) is 176 Å². The lowest BCUT2D eigenvalue weighted by Crippen LogP contribution is -2.03. The van der Waals surface area contributed by atoms with Crippen LogP contribution < -0.4 is 0 Å². The van der Waals surface area contributed by atoms with Gasteiger partial charge in [-0.05, 0) is 54.6 Å². The molecule has 0 bridgehead atoms. The molecule has 57 heavy (non-hydrogen) atoms. The third-order valence-corrected chi connectivity index (χ3v) is 11.7. The fraction of sp³-hybridized carbons (Fsp3) is 0. The van der Waals surface area contributed by atoms with Gasteiger partial charge in [-0.15, -0.1) is 0 Å². The molecule has 5 aromatic heterocycles. The highest BCUT2D eigenvalue weighted by Crippen LogP contribution is 2.39. The zero-order valence-corrected chi connectivity index (χ0v) is 30.4. The van der Waals surface area contributed by atoms with Gasteiger partial charge in [-0.2, -0.15) is 0 Å². The van der Waals surface area contributed by atoms with E-state index in [0.29, 0.717) is 11.0 Å². The minimum atomic E-state index is 0.700. The van der Waals surface area contributed by atoms with Gasteiger partial charge in [-0.1, -0.05) is 109 Å². The van der Waals surface area contributed by atoms with Crippen molar-refractivity contribution in [3.8, 4) is 17.3 Å². The maximum Gasteiger partial charge on any atom is 0.157 e. The number of aromatic nitrogens is 7. The van der Waals surface area contributed by atoms with Crippen LogP contribution in [0.3, 0.4) is 0 Å². The molecular weight excluding hydrogens is 699 g/mol. The molecule has 264 valence electrons. The Balaban J connectivity index is 1.15. The van der Waals surface area contributed by atoms with Crippen molar-refractivity contribution in [1.82, 2.24) is 33.6 Å². The van der Waals surface area contributed by atoms with Crippen LogP contribution >= 0.6 is 0 Å². The lowest BCUT2D eigenvalue weighted by Gasteiger charge is -2.14. The number of para-hydroxylation sites is 6. The van der Waals surface area contributed by atoms with Gasteiger partial charge >= 0.3 is 0 Å². The number of benzene rings is 8. The van der Waals surface area contributed by atoms with E-state index in [0.717, 1.165) is 72.2 Å². The number of nitrogens with zero attached hydrogens (tertiary/aromatic N) is 7. The van der Waals surface area contributed by atoms with Gasteiger partial charge in [0.1, 0.15) is 11.0 Å². The molecule has 5 heterocycles. The van der Waals surface area contributed by atoms with Crippen molar-refractivity contribution in [2.75, 3.05) is 0 Å². The molecule has 7 heteroatoms. The molecule has 0 spiro atoms. The second kappa shape index (κ2) is 11.3. The average Bonchev–Trinajstić information content (AvgIpc) is 3.92. The van der Waals surface area contributed by atoms with Crippen molar-refractivity contribution in [3.63, 3.8) is 0 Å². The molecule has 13 rings (SSSR count). The van der Waals surface area contributed by atoms with E-state index in [4.69, 9.17) is 19.9 Å². The molecule has 0 aliphatic carbocycles. The second-order valence-corrected chi connectivity index (χ2v) is 14.7. The van der Waals surface area contributed by atoms with E-state index in [9.17, 15) is 0 Å². The Bertz CT molecular complexity index is 3670. The molecule has 0 atom stereocenters. The summed E-state index contributed by atoms with van der Waals surface area (Å²) >= 11 is 0. The molecule has 8 aromatic carbocycles. The van der Waals surface area contributed by atoms with Crippen LogP contribution in [0.5, 0.6) is 0 Å². The van der Waals surface area contributed by atoms with Gasteiger partial charge in [0.05, 0.1) is 56.5 Å². The Morgan fingerprint density at radius 3 is 1.00 bits per heavy atom. The average molecular weight is 728 g/mol. The van der Waals surface area contributed by atoms with Gasteiger partial charge < -0.3 is 4.57 Å². The highest BCUT2D eigenvalue weighted by Gasteiger charge is 2.21. The molecule has 0 N–H and O–H groups in total. The number of hydrogen-bond donors (Lipinski definition) is 0. The Hall–Kier alpha value is -7.90. The van der Waals surface area contributed by atoms with E-state index in [1.807, 2.05) is 12.4 Å². The van der Waals surface area contributed by atoms with E-state index in [1.54, 1.807) is 0 Å². The Morgan fingerprint density at radius 1 is 0.281 bits per heavy atom. The monoisotopic (exact) mass is 727 g/mol. The fourth-order valence-corrected chi connectivity index (χ4v) is 9.31. The van der Waals surface area contributed by atoms with Crippen molar-refractivity contribution in [2.24, 2.45) is 0 Å². The number of hydrogen-bond acceptors (Lipinski definition) is 4. The zero-order valence-electron chi connectivity index (χ0n) is 30.4. The molecule has 0 amide bonds. The Morgan fingerprint density at radius 2 is 0.614 bits per heavy atom. The summed E-state index contributed by atoms with van der Waals surface area (Å²) in [5.41, 5.74) is 10.6. The summed E-state index contributed by atoms with van der Waals surface area (Å²) < 4.78 is 6.77. The number of fused-ring (bicyclic) bond motifs is 15. The summed E-state index contributed by atoms with van der Waals surface area (Å²) in [7, 11) is 0. The fourth-order valence-electron chi connectivity index (χ4n) is 9.31. The first-order valence-corrected chi connectivity index (χ1v) is 19.1. The molecule has 0 saturated heterocycles. The van der Waals surface area contributed by atoms with E-state index in [1.165, 1.54) is 32.3 Å². The van der Waals surface area contributed by atoms with Crippen LogP contribution in [0.4, 0.5) is 0 Å². The van der Waals surface area contributed by atoms with Crippen LogP contribution in [0, 0.1) is 0 Å². The molecule has 0 saturated carbocycles. The van der Waals surface area contributed by atoms with Gasteiger partial charge in [0, 0.05) is 48.8 Å². The molecule has 0 fully saturated rings. The van der Waals surface area contributed by atoms with Gasteiger partial charge in [0.25, 0.3) is 0 Å². The SMILES string of the molecule is c1ccc2c(c1)c1ccccc1n2-c1ccc2c(c1)c1ncc(-n3c4ccccc4c4ccccc43)nc1c1nc(-n3c4ccccc4c4ccccc43)cnc21. The van der Waals surface area contributed by atoms with Crippen LogP contribution in [0.2, 0.25) is 0 Å². The summed E-state index contributed by atoms with van der Waals surface area (Å²) in [5, 5.41) is 9.06. The Kier molecular flexibility index (Phi) is 6.04. The van der Waals surface area contributed by atoms with Crippen LogP contribution in [0.15, 0.2) is 176 Å². The van der Waals surface area contributed by atoms with E-state index in [-0.39, 0.29) is 0 Å². The van der Waals surface area contributed by atoms with Gasteiger partial charge in [0.2, 0.25) is 0 Å². The summed E-state index contributed by atoms with van der Waals surface area (Å²) in [5.74, 6) is 1.45. The molecule has 7 nitrogen and oxygen atoms in total. The first kappa shape index (κ1) is 30.4. The molecule has 0 aliphatic rings. The predicted octanol–water partition coefficient (Wildman–Crippen LogP) is 12.0. The van der Waals surface area contributed by atoms with Crippen molar-refractivity contribution in [2.45, 2.75) is 0 Å². The van der Waals surface area contributed by atoms with Crippen molar-refractivity contribution < 1.29 is 0 Å². The lowest BCUT2D eigenvalue weighted by atomic mass is 10.0. The molecule has 0 radical (unpaired) electrons. The largest absolute Gasteiger partial charge is 0.309 e. The maximum atomic E-state index is 5.52. The third-order valence-electron chi connectivity index (χ3n) is 11.7. The smallest absolute Gasteiger partial charge is 0.157 e. The second-order valence-electron chi connectivity index (χ2n) is 14.7. The Labute approximate surface area is 324 Å².